The van der Waals surface area contributed by atoms with Gasteiger partial charge in [-0.1, -0.05) is 20.8 Å². The Morgan fingerprint density at radius 1 is 1.41 bits per heavy atom. The first-order valence-corrected chi connectivity index (χ1v) is 6.41. The van der Waals surface area contributed by atoms with Gasteiger partial charge in [-0.2, -0.15) is 0 Å². The van der Waals surface area contributed by atoms with E-state index in [1.807, 2.05) is 0 Å². The molecule has 4 N–H and O–H groups in total. The van der Waals surface area contributed by atoms with Crippen LogP contribution >= 0.6 is 0 Å². The Hall–Kier alpha value is -0.610. The molecule has 17 heavy (non-hydrogen) atoms. The lowest BCUT2D eigenvalue weighted by molar-refractivity contribution is -0.136. The van der Waals surface area contributed by atoms with E-state index < -0.39 is 5.97 Å². The average molecular weight is 242 g/mol. The molecule has 1 aliphatic rings. The summed E-state index contributed by atoms with van der Waals surface area (Å²) in [7, 11) is 0. The number of rotatable bonds is 5. The van der Waals surface area contributed by atoms with E-state index in [2.05, 4.69) is 26.1 Å². The number of aliphatic carboxylic acids is 1. The van der Waals surface area contributed by atoms with Crippen LogP contribution in [0.15, 0.2) is 0 Å². The molecule has 100 valence electrons. The minimum absolute atomic E-state index is 0.186. The molecule has 4 heteroatoms. The third-order valence-electron chi connectivity index (χ3n) is 3.54. The van der Waals surface area contributed by atoms with Crippen molar-refractivity contribution in [1.29, 1.82) is 0 Å². The fraction of sp³-hybridized carbons (Fsp3) is 0.923. The smallest absolute Gasteiger partial charge is 0.304 e. The number of carboxylic acid groups (broad SMARTS) is 1. The van der Waals surface area contributed by atoms with Crippen molar-refractivity contribution in [3.05, 3.63) is 0 Å². The maximum absolute atomic E-state index is 10.4. The molecular weight excluding hydrogens is 216 g/mol. The number of hydrogen-bond acceptors (Lipinski definition) is 3. The summed E-state index contributed by atoms with van der Waals surface area (Å²) in [5.74, 6) is -0.747. The summed E-state index contributed by atoms with van der Waals surface area (Å²) in [6, 6.07) is 0.269. The van der Waals surface area contributed by atoms with Crippen molar-refractivity contribution in [3.8, 4) is 0 Å². The highest BCUT2D eigenvalue weighted by atomic mass is 16.4. The number of carboxylic acids is 1. The van der Waals surface area contributed by atoms with Crippen LogP contribution in [0.3, 0.4) is 0 Å². The molecular formula is C13H26N2O2. The van der Waals surface area contributed by atoms with Gasteiger partial charge in [0.1, 0.15) is 0 Å². The standard InChI is InChI=1S/C13H26N2O2/c1-12(2)6-10(14)7-13(3,8-12)9-15-5-4-11(16)17/h10,15H,4-9,14H2,1-3H3,(H,16,17)/t10-,13-/m0/s1. The van der Waals surface area contributed by atoms with E-state index in [-0.39, 0.29) is 17.9 Å². The quantitative estimate of drug-likeness (QED) is 0.640. The molecule has 0 unspecified atom stereocenters. The summed E-state index contributed by atoms with van der Waals surface area (Å²) in [5, 5.41) is 11.8. The normalized spacial score (nSPS) is 32.4. The molecule has 0 spiro atoms. The summed E-state index contributed by atoms with van der Waals surface area (Å²) < 4.78 is 0. The molecule has 4 nitrogen and oxygen atoms in total. The second kappa shape index (κ2) is 5.36. The summed E-state index contributed by atoms with van der Waals surface area (Å²) in [4.78, 5) is 10.4. The largest absolute Gasteiger partial charge is 0.481 e. The number of hydrogen-bond donors (Lipinski definition) is 3. The minimum Gasteiger partial charge on any atom is -0.481 e. The van der Waals surface area contributed by atoms with E-state index in [1.54, 1.807) is 0 Å². The summed E-state index contributed by atoms with van der Waals surface area (Å²) in [6.07, 6.45) is 3.44. The zero-order valence-electron chi connectivity index (χ0n) is 11.3. The molecule has 0 aromatic heterocycles. The lowest BCUT2D eigenvalue weighted by atomic mass is 9.63. The van der Waals surface area contributed by atoms with Crippen LogP contribution < -0.4 is 11.1 Å². The van der Waals surface area contributed by atoms with Crippen molar-refractivity contribution in [3.63, 3.8) is 0 Å². The third kappa shape index (κ3) is 5.04. The number of carbonyl (C=O) groups is 1. The van der Waals surface area contributed by atoms with E-state index in [0.29, 0.717) is 12.0 Å². The first-order chi connectivity index (χ1) is 7.72. The van der Waals surface area contributed by atoms with Gasteiger partial charge in [0.2, 0.25) is 0 Å². The minimum atomic E-state index is -0.747. The predicted molar refractivity (Wildman–Crippen MR) is 68.8 cm³/mol. The maximum Gasteiger partial charge on any atom is 0.304 e. The van der Waals surface area contributed by atoms with Gasteiger partial charge in [0.15, 0.2) is 0 Å². The lowest BCUT2D eigenvalue weighted by Crippen LogP contribution is -2.46. The van der Waals surface area contributed by atoms with Crippen molar-refractivity contribution < 1.29 is 9.90 Å². The average Bonchev–Trinajstić information content (AvgIpc) is 2.07. The van der Waals surface area contributed by atoms with E-state index in [0.717, 1.165) is 25.8 Å². The molecule has 0 saturated heterocycles. The molecule has 1 aliphatic carbocycles. The fourth-order valence-electron chi connectivity index (χ4n) is 3.43. The summed E-state index contributed by atoms with van der Waals surface area (Å²) in [6.45, 7) is 8.18. The van der Waals surface area contributed by atoms with Crippen LogP contribution in [0.1, 0.15) is 46.5 Å². The molecule has 0 heterocycles. The van der Waals surface area contributed by atoms with Crippen molar-refractivity contribution in [2.75, 3.05) is 13.1 Å². The van der Waals surface area contributed by atoms with Crippen LogP contribution in [-0.2, 0) is 4.79 Å². The van der Waals surface area contributed by atoms with E-state index in [9.17, 15) is 4.79 Å². The van der Waals surface area contributed by atoms with Crippen LogP contribution in [0.4, 0.5) is 0 Å². The molecule has 0 bridgehead atoms. The molecule has 0 amide bonds. The van der Waals surface area contributed by atoms with Gasteiger partial charge >= 0.3 is 5.97 Å². The topological polar surface area (TPSA) is 75.3 Å². The van der Waals surface area contributed by atoms with Gasteiger partial charge in [-0.05, 0) is 30.1 Å². The zero-order valence-corrected chi connectivity index (χ0v) is 11.3. The summed E-state index contributed by atoms with van der Waals surface area (Å²) >= 11 is 0. The fourth-order valence-corrected chi connectivity index (χ4v) is 3.43. The van der Waals surface area contributed by atoms with Gasteiger partial charge in [0.05, 0.1) is 6.42 Å². The van der Waals surface area contributed by atoms with Crippen molar-refractivity contribution in [1.82, 2.24) is 5.32 Å². The molecule has 0 radical (unpaired) electrons. The highest BCUT2D eigenvalue weighted by Crippen LogP contribution is 2.45. The Bertz CT molecular complexity index is 279. The Labute approximate surface area is 104 Å². The summed E-state index contributed by atoms with van der Waals surface area (Å²) in [5.41, 5.74) is 6.60. The molecule has 0 aromatic carbocycles. The molecule has 1 saturated carbocycles. The van der Waals surface area contributed by atoms with Crippen molar-refractivity contribution in [2.24, 2.45) is 16.6 Å². The number of nitrogens with two attached hydrogens (primary N) is 1. The maximum atomic E-state index is 10.4. The van der Waals surface area contributed by atoms with Crippen LogP contribution in [0.25, 0.3) is 0 Å². The Balaban J connectivity index is 2.41. The first-order valence-electron chi connectivity index (χ1n) is 6.41. The molecule has 2 atom stereocenters. The van der Waals surface area contributed by atoms with Crippen molar-refractivity contribution >= 4 is 5.97 Å². The third-order valence-corrected chi connectivity index (χ3v) is 3.54. The molecule has 0 aliphatic heterocycles. The SMILES string of the molecule is CC1(C)C[C@H](N)C[C@](C)(CNCCC(=O)O)C1. The van der Waals surface area contributed by atoms with E-state index in [4.69, 9.17) is 10.8 Å². The van der Waals surface area contributed by atoms with Crippen LogP contribution in [0, 0.1) is 10.8 Å². The van der Waals surface area contributed by atoms with Crippen LogP contribution in [0.5, 0.6) is 0 Å². The zero-order chi connectivity index (χ0) is 13.1. The van der Waals surface area contributed by atoms with E-state index in [1.165, 1.54) is 0 Å². The second-order valence-electron chi connectivity index (χ2n) is 6.64. The predicted octanol–water partition coefficient (Wildman–Crippen LogP) is 1.59. The van der Waals surface area contributed by atoms with Gasteiger partial charge in [0, 0.05) is 19.1 Å². The molecule has 0 aromatic rings. The van der Waals surface area contributed by atoms with E-state index >= 15 is 0 Å². The highest BCUT2D eigenvalue weighted by molar-refractivity contribution is 5.66. The number of nitrogens with one attached hydrogen (secondary N) is 1. The lowest BCUT2D eigenvalue weighted by Gasteiger charge is -2.46. The molecule has 1 rings (SSSR count). The Kier molecular flexibility index (Phi) is 4.55. The monoisotopic (exact) mass is 242 g/mol. The first kappa shape index (κ1) is 14.5. The van der Waals surface area contributed by atoms with Gasteiger partial charge < -0.3 is 16.2 Å². The van der Waals surface area contributed by atoms with Gasteiger partial charge in [-0.25, -0.2) is 0 Å². The van der Waals surface area contributed by atoms with Gasteiger partial charge in [0.25, 0.3) is 0 Å². The highest BCUT2D eigenvalue weighted by Gasteiger charge is 2.39. The Morgan fingerprint density at radius 2 is 2.06 bits per heavy atom. The van der Waals surface area contributed by atoms with Crippen LogP contribution in [0.2, 0.25) is 0 Å². The van der Waals surface area contributed by atoms with Crippen molar-refractivity contribution in [2.45, 2.75) is 52.5 Å². The molecule has 1 fully saturated rings. The van der Waals surface area contributed by atoms with Gasteiger partial charge in [-0.15, -0.1) is 0 Å². The van der Waals surface area contributed by atoms with Gasteiger partial charge in [-0.3, -0.25) is 4.79 Å². The second-order valence-corrected chi connectivity index (χ2v) is 6.64. The Morgan fingerprint density at radius 3 is 2.59 bits per heavy atom. The van der Waals surface area contributed by atoms with Crippen LogP contribution in [-0.4, -0.2) is 30.2 Å².